The van der Waals surface area contributed by atoms with Gasteiger partial charge in [-0.25, -0.2) is 9.59 Å². The monoisotopic (exact) mass is 550 g/mol. The molecule has 0 aliphatic carbocycles. The zero-order chi connectivity index (χ0) is 27.7. The highest BCUT2D eigenvalue weighted by molar-refractivity contribution is 7.07. The first-order valence-electron chi connectivity index (χ1n) is 11.1. The van der Waals surface area contributed by atoms with Gasteiger partial charge in [0.2, 0.25) is 0 Å². The topological polar surface area (TPSA) is 90.3 Å². The van der Waals surface area contributed by atoms with Gasteiger partial charge in [-0.05, 0) is 67.6 Å². The van der Waals surface area contributed by atoms with Crippen LogP contribution >= 0.6 is 11.3 Å². The van der Waals surface area contributed by atoms with Crippen molar-refractivity contribution in [2.45, 2.75) is 51.6 Å². The Labute approximate surface area is 209 Å². The number of thiophene rings is 1. The van der Waals surface area contributed by atoms with Crippen molar-refractivity contribution in [3.63, 3.8) is 0 Å². The summed E-state index contributed by atoms with van der Waals surface area (Å²) < 4.78 is 69.0. The van der Waals surface area contributed by atoms with Crippen molar-refractivity contribution in [1.82, 2.24) is 9.80 Å². The molecule has 0 aromatic carbocycles. The van der Waals surface area contributed by atoms with Crippen LogP contribution in [-0.4, -0.2) is 90.2 Å². The van der Waals surface area contributed by atoms with Crippen LogP contribution in [0.4, 0.5) is 26.3 Å². The maximum absolute atomic E-state index is 10.6. The minimum absolute atomic E-state index is 0.484. The predicted molar refractivity (Wildman–Crippen MR) is 121 cm³/mol. The number of hydrogen-bond acceptors (Lipinski definition) is 6. The van der Waals surface area contributed by atoms with E-state index >= 15 is 0 Å². The fraction of sp³-hybridized carbons (Fsp3) is 0.727. The Balaban J connectivity index is 0.000000383. The number of aliphatic carboxylic acids is 2. The Kier molecular flexibility index (Phi) is 12.1. The Bertz CT molecular complexity index is 785. The summed E-state index contributed by atoms with van der Waals surface area (Å²) in [6.45, 7) is 11.6. The van der Waals surface area contributed by atoms with Crippen LogP contribution in [0.25, 0.3) is 0 Å². The summed E-state index contributed by atoms with van der Waals surface area (Å²) in [5.74, 6) is -4.81. The van der Waals surface area contributed by atoms with Crippen molar-refractivity contribution in [2.75, 3.05) is 39.9 Å². The normalized spacial score (nSPS) is 20.4. The summed E-state index contributed by atoms with van der Waals surface area (Å²) in [6, 6.07) is 2.95. The molecule has 1 aromatic rings. The number of piperidine rings is 1. The number of ether oxygens (including phenoxy) is 1. The van der Waals surface area contributed by atoms with Crippen molar-refractivity contribution in [3.8, 4) is 0 Å². The standard InChI is InChI=1S/C18H30N2OS.2C2HF3O2/c1-15(2)20-7-5-18(6-8-20)14-19(11-17(18)12-21-3)10-16-4-9-22-13-16;2*3-2(4,5)1(6)7/h4,9,13,15,17H,5-8,10-12,14H2,1-3H3;2*(H,6,7). The molecule has 1 spiro atoms. The SMILES string of the molecule is COCC1CN(Cc2ccsc2)CC12CCN(C(C)C)CC2.O=C(O)C(F)(F)F.O=C(O)C(F)(F)F. The van der Waals surface area contributed by atoms with Crippen LogP contribution in [0.5, 0.6) is 0 Å². The average molecular weight is 551 g/mol. The van der Waals surface area contributed by atoms with Gasteiger partial charge in [0.15, 0.2) is 0 Å². The van der Waals surface area contributed by atoms with E-state index in [1.165, 1.54) is 44.6 Å². The highest BCUT2D eigenvalue weighted by atomic mass is 32.1. The summed E-state index contributed by atoms with van der Waals surface area (Å²) in [6.07, 6.45) is -7.50. The number of carboxylic acids is 2. The first-order valence-corrected chi connectivity index (χ1v) is 12.0. The fourth-order valence-electron chi connectivity index (χ4n) is 4.39. The Hall–Kier alpha value is -1.90. The van der Waals surface area contributed by atoms with E-state index in [9.17, 15) is 26.3 Å². The molecule has 1 unspecified atom stereocenters. The molecule has 2 aliphatic rings. The molecule has 0 bridgehead atoms. The van der Waals surface area contributed by atoms with Crippen LogP contribution in [0.2, 0.25) is 0 Å². The smallest absolute Gasteiger partial charge is 0.475 e. The molecular formula is C22H32F6N2O5S. The maximum atomic E-state index is 10.6. The van der Waals surface area contributed by atoms with Crippen LogP contribution in [0, 0.1) is 11.3 Å². The zero-order valence-electron chi connectivity index (χ0n) is 20.2. The fourth-order valence-corrected chi connectivity index (χ4v) is 5.05. The van der Waals surface area contributed by atoms with Crippen molar-refractivity contribution >= 4 is 23.3 Å². The number of alkyl halides is 6. The van der Waals surface area contributed by atoms with Crippen molar-refractivity contribution in [3.05, 3.63) is 22.4 Å². The molecule has 2 N–H and O–H groups in total. The lowest BCUT2D eigenvalue weighted by Gasteiger charge is -2.44. The number of hydrogen-bond donors (Lipinski definition) is 2. The van der Waals surface area contributed by atoms with Gasteiger partial charge in [-0.2, -0.15) is 37.7 Å². The van der Waals surface area contributed by atoms with Gasteiger partial charge in [0.1, 0.15) is 0 Å². The minimum Gasteiger partial charge on any atom is -0.475 e. The summed E-state index contributed by atoms with van der Waals surface area (Å²) in [5, 5.41) is 18.7. The van der Waals surface area contributed by atoms with E-state index in [4.69, 9.17) is 24.5 Å². The molecule has 1 atom stereocenters. The van der Waals surface area contributed by atoms with Gasteiger partial charge in [-0.1, -0.05) is 0 Å². The van der Waals surface area contributed by atoms with E-state index in [1.54, 1.807) is 11.3 Å². The zero-order valence-corrected chi connectivity index (χ0v) is 21.0. The average Bonchev–Trinajstić information content (AvgIpc) is 3.37. The third-order valence-corrected chi connectivity index (χ3v) is 6.98. The lowest BCUT2D eigenvalue weighted by Crippen LogP contribution is -2.47. The molecule has 208 valence electrons. The second-order valence-corrected chi connectivity index (χ2v) is 9.83. The molecule has 1 aromatic heterocycles. The molecule has 14 heteroatoms. The molecular weight excluding hydrogens is 518 g/mol. The number of carboxylic acid groups (broad SMARTS) is 2. The Morgan fingerprint density at radius 2 is 1.61 bits per heavy atom. The van der Waals surface area contributed by atoms with Crippen LogP contribution in [0.3, 0.4) is 0 Å². The Morgan fingerprint density at radius 3 is 1.97 bits per heavy atom. The molecule has 3 rings (SSSR count). The summed E-state index contributed by atoms with van der Waals surface area (Å²) >= 11 is 1.81. The van der Waals surface area contributed by atoms with Crippen LogP contribution in [0.1, 0.15) is 32.3 Å². The number of nitrogens with zero attached hydrogens (tertiary/aromatic N) is 2. The van der Waals surface area contributed by atoms with Crippen LogP contribution < -0.4 is 0 Å². The number of rotatable bonds is 5. The molecule has 2 aliphatic heterocycles. The maximum Gasteiger partial charge on any atom is 0.490 e. The second kappa shape index (κ2) is 13.6. The lowest BCUT2D eigenvalue weighted by molar-refractivity contribution is -0.193. The number of halogens is 6. The second-order valence-electron chi connectivity index (χ2n) is 9.05. The van der Waals surface area contributed by atoms with Gasteiger partial charge in [0.05, 0.1) is 6.61 Å². The van der Waals surface area contributed by atoms with Gasteiger partial charge >= 0.3 is 24.3 Å². The van der Waals surface area contributed by atoms with Crippen LogP contribution in [-0.2, 0) is 20.9 Å². The number of carbonyl (C=O) groups is 2. The van der Waals surface area contributed by atoms with E-state index in [0.29, 0.717) is 17.4 Å². The van der Waals surface area contributed by atoms with E-state index < -0.39 is 24.3 Å². The summed E-state index contributed by atoms with van der Waals surface area (Å²) in [7, 11) is 1.86. The van der Waals surface area contributed by atoms with E-state index in [2.05, 4.69) is 40.5 Å². The molecule has 0 saturated carbocycles. The van der Waals surface area contributed by atoms with Gasteiger partial charge in [-0.3, -0.25) is 4.90 Å². The third kappa shape index (κ3) is 10.2. The number of likely N-dealkylation sites (tertiary alicyclic amines) is 2. The van der Waals surface area contributed by atoms with Crippen molar-refractivity contribution in [2.24, 2.45) is 11.3 Å². The highest BCUT2D eigenvalue weighted by Crippen LogP contribution is 2.45. The van der Waals surface area contributed by atoms with E-state index in [0.717, 1.165) is 13.2 Å². The largest absolute Gasteiger partial charge is 0.490 e. The van der Waals surface area contributed by atoms with Crippen molar-refractivity contribution in [1.29, 1.82) is 0 Å². The van der Waals surface area contributed by atoms with Crippen molar-refractivity contribution < 1.29 is 50.9 Å². The molecule has 3 heterocycles. The quantitative estimate of drug-likeness (QED) is 0.519. The minimum atomic E-state index is -5.08. The van der Waals surface area contributed by atoms with Gasteiger partial charge < -0.3 is 19.8 Å². The van der Waals surface area contributed by atoms with Gasteiger partial charge in [-0.15, -0.1) is 0 Å². The lowest BCUT2D eigenvalue weighted by atomic mass is 9.71. The summed E-state index contributed by atoms with van der Waals surface area (Å²) in [5.41, 5.74) is 1.95. The highest BCUT2D eigenvalue weighted by Gasteiger charge is 2.47. The van der Waals surface area contributed by atoms with Gasteiger partial charge in [0.25, 0.3) is 0 Å². The van der Waals surface area contributed by atoms with E-state index in [1.807, 2.05) is 7.11 Å². The molecule has 7 nitrogen and oxygen atoms in total. The molecule has 36 heavy (non-hydrogen) atoms. The van der Waals surface area contributed by atoms with E-state index in [-0.39, 0.29) is 0 Å². The summed E-state index contributed by atoms with van der Waals surface area (Å²) in [4.78, 5) is 23.1. The van der Waals surface area contributed by atoms with Crippen LogP contribution in [0.15, 0.2) is 16.8 Å². The first-order chi connectivity index (χ1) is 16.5. The first kappa shape index (κ1) is 32.1. The molecule has 2 fully saturated rings. The molecule has 0 amide bonds. The molecule has 2 saturated heterocycles. The molecule has 0 radical (unpaired) electrons. The number of methoxy groups -OCH3 is 1. The predicted octanol–water partition coefficient (Wildman–Crippen LogP) is 4.58. The van der Waals surface area contributed by atoms with Gasteiger partial charge in [0, 0.05) is 38.7 Å². The third-order valence-electron chi connectivity index (χ3n) is 6.25. The Morgan fingerprint density at radius 1 is 1.11 bits per heavy atom.